The summed E-state index contributed by atoms with van der Waals surface area (Å²) in [4.78, 5) is 2.41. The van der Waals surface area contributed by atoms with Gasteiger partial charge in [-0.25, -0.2) is 0 Å². The van der Waals surface area contributed by atoms with Crippen molar-refractivity contribution in [1.82, 2.24) is 4.57 Å². The number of hydrogen-bond donors (Lipinski definition) is 0. The molecule has 1 aliphatic rings. The van der Waals surface area contributed by atoms with E-state index in [4.69, 9.17) is 8.83 Å². The zero-order valence-corrected chi connectivity index (χ0v) is 32.8. The molecule has 0 radical (unpaired) electrons. The lowest BCUT2D eigenvalue weighted by molar-refractivity contribution is 0.669. The van der Waals surface area contributed by atoms with Crippen LogP contribution >= 0.6 is 0 Å². The molecule has 12 rings (SSSR count). The number of hydrogen-bond acceptors (Lipinski definition) is 3. The molecule has 0 fully saturated rings. The highest BCUT2D eigenvalue weighted by Crippen LogP contribution is 2.42. The highest BCUT2D eigenvalue weighted by Gasteiger charge is 2.22. The number of allylic oxidation sites excluding steroid dienone is 4. The molecule has 8 aromatic carbocycles. The molecule has 60 heavy (non-hydrogen) atoms. The zero-order valence-electron chi connectivity index (χ0n) is 32.8. The first kappa shape index (κ1) is 34.2. The molecular formula is C56H38N2O2. The van der Waals surface area contributed by atoms with Crippen molar-refractivity contribution in [2.45, 2.75) is 12.8 Å². The first-order valence-electron chi connectivity index (χ1n) is 20.6. The fraction of sp³-hybridized carbons (Fsp3) is 0.0357. The second-order valence-electron chi connectivity index (χ2n) is 15.6. The number of aromatic nitrogens is 1. The Balaban J connectivity index is 0.966. The molecule has 1 aliphatic carbocycles. The molecule has 0 spiro atoms. The van der Waals surface area contributed by atoms with Gasteiger partial charge in [-0.1, -0.05) is 146 Å². The summed E-state index contributed by atoms with van der Waals surface area (Å²) < 4.78 is 15.5. The van der Waals surface area contributed by atoms with Crippen LogP contribution in [0.3, 0.4) is 0 Å². The largest absolute Gasteiger partial charge is 0.455 e. The van der Waals surface area contributed by atoms with Gasteiger partial charge in [0.05, 0.1) is 11.0 Å². The van der Waals surface area contributed by atoms with Gasteiger partial charge in [-0.2, -0.15) is 0 Å². The van der Waals surface area contributed by atoms with Crippen molar-refractivity contribution in [3.63, 3.8) is 0 Å². The van der Waals surface area contributed by atoms with Gasteiger partial charge < -0.3 is 18.3 Å². The van der Waals surface area contributed by atoms with Gasteiger partial charge in [-0.15, -0.1) is 0 Å². The molecule has 0 saturated carbocycles. The average molecular weight is 771 g/mol. The fourth-order valence-corrected chi connectivity index (χ4v) is 9.49. The number of rotatable bonds is 7. The van der Waals surface area contributed by atoms with Crippen LogP contribution in [0.25, 0.3) is 99.7 Å². The molecule has 0 unspecified atom stereocenters. The first-order valence-corrected chi connectivity index (χ1v) is 20.6. The van der Waals surface area contributed by atoms with Crippen molar-refractivity contribution in [3.8, 4) is 22.3 Å². The summed E-state index contributed by atoms with van der Waals surface area (Å²) in [6, 6.07) is 62.7. The van der Waals surface area contributed by atoms with Crippen LogP contribution in [0.1, 0.15) is 18.4 Å². The molecule has 0 N–H and O–H groups in total. The highest BCUT2D eigenvalue weighted by atomic mass is 16.3. The molecule has 4 nitrogen and oxygen atoms in total. The van der Waals surface area contributed by atoms with Gasteiger partial charge in [0, 0.05) is 71.8 Å². The first-order chi connectivity index (χ1) is 29.7. The maximum absolute atomic E-state index is 6.58. The maximum Gasteiger partial charge on any atom is 0.143 e. The van der Waals surface area contributed by atoms with Crippen LogP contribution in [-0.4, -0.2) is 4.57 Å². The van der Waals surface area contributed by atoms with E-state index in [9.17, 15) is 0 Å². The van der Waals surface area contributed by atoms with E-state index in [0.29, 0.717) is 0 Å². The van der Waals surface area contributed by atoms with Crippen molar-refractivity contribution in [2.24, 2.45) is 0 Å². The van der Waals surface area contributed by atoms with E-state index < -0.39 is 0 Å². The molecule has 0 saturated heterocycles. The van der Waals surface area contributed by atoms with E-state index in [-0.39, 0.29) is 0 Å². The normalized spacial score (nSPS) is 13.1. The van der Waals surface area contributed by atoms with Crippen LogP contribution < -0.4 is 4.90 Å². The van der Waals surface area contributed by atoms with Gasteiger partial charge in [0.15, 0.2) is 0 Å². The smallest absolute Gasteiger partial charge is 0.143 e. The van der Waals surface area contributed by atoms with Gasteiger partial charge in [-0.3, -0.25) is 0 Å². The highest BCUT2D eigenvalue weighted by molar-refractivity contribution is 6.12. The van der Waals surface area contributed by atoms with Crippen molar-refractivity contribution in [1.29, 1.82) is 0 Å². The lowest BCUT2D eigenvalue weighted by Crippen LogP contribution is -2.18. The molecule has 0 atom stereocenters. The quantitative estimate of drug-likeness (QED) is 0.162. The SMILES string of the molecule is C=Cc1cccc2c1oc1c(-c3ccc(N(C4=CC=C(n5c6ccccc6c6ccccc65)CC4)c4ccc(-c5cccc6c5oc5ccccc56)cc4)cc3)cccc12. The summed E-state index contributed by atoms with van der Waals surface area (Å²) in [7, 11) is 0. The third-order valence-electron chi connectivity index (χ3n) is 12.3. The van der Waals surface area contributed by atoms with Gasteiger partial charge in [0.25, 0.3) is 0 Å². The molecule has 0 aliphatic heterocycles. The monoisotopic (exact) mass is 770 g/mol. The zero-order chi connectivity index (χ0) is 39.7. The number of benzene rings is 8. The molecule has 0 bridgehead atoms. The van der Waals surface area contributed by atoms with E-state index >= 15 is 0 Å². The lowest BCUT2D eigenvalue weighted by atomic mass is 9.99. The Bertz CT molecular complexity index is 3500. The van der Waals surface area contributed by atoms with Gasteiger partial charge in [0.1, 0.15) is 22.3 Å². The van der Waals surface area contributed by atoms with Crippen LogP contribution in [0.2, 0.25) is 0 Å². The van der Waals surface area contributed by atoms with Crippen LogP contribution in [0.15, 0.2) is 209 Å². The predicted molar refractivity (Wildman–Crippen MR) is 252 cm³/mol. The van der Waals surface area contributed by atoms with E-state index in [1.807, 2.05) is 24.3 Å². The summed E-state index contributed by atoms with van der Waals surface area (Å²) in [6.07, 6.45) is 8.26. The minimum atomic E-state index is 0.871. The Kier molecular flexibility index (Phi) is 7.79. The van der Waals surface area contributed by atoms with Crippen molar-refractivity contribution >= 4 is 88.8 Å². The Labute approximate surface area is 346 Å². The average Bonchev–Trinajstić information content (AvgIpc) is 4.00. The Morgan fingerprint density at radius 3 is 1.57 bits per heavy atom. The number of para-hydroxylation sites is 6. The number of anilines is 2. The van der Waals surface area contributed by atoms with Gasteiger partial charge >= 0.3 is 0 Å². The lowest BCUT2D eigenvalue weighted by Gasteiger charge is -2.30. The molecule has 11 aromatic rings. The summed E-state index contributed by atoms with van der Waals surface area (Å²) in [5, 5.41) is 7.03. The van der Waals surface area contributed by atoms with E-state index in [1.54, 1.807) is 0 Å². The molecule has 4 heteroatoms. The Morgan fingerprint density at radius 2 is 0.967 bits per heavy atom. The summed E-state index contributed by atoms with van der Waals surface area (Å²) in [5.74, 6) is 0. The van der Waals surface area contributed by atoms with Crippen molar-refractivity contribution < 1.29 is 8.83 Å². The number of nitrogens with zero attached hydrogens (tertiary/aromatic N) is 2. The number of fused-ring (bicyclic) bond motifs is 9. The van der Waals surface area contributed by atoms with Crippen molar-refractivity contribution in [3.05, 3.63) is 206 Å². The maximum atomic E-state index is 6.58. The van der Waals surface area contributed by atoms with Gasteiger partial charge in [-0.05, 0) is 78.6 Å². The third-order valence-corrected chi connectivity index (χ3v) is 12.3. The fourth-order valence-electron chi connectivity index (χ4n) is 9.49. The summed E-state index contributed by atoms with van der Waals surface area (Å²) >= 11 is 0. The van der Waals surface area contributed by atoms with E-state index in [0.717, 1.165) is 95.9 Å². The minimum absolute atomic E-state index is 0.871. The van der Waals surface area contributed by atoms with Gasteiger partial charge in [0.2, 0.25) is 0 Å². The van der Waals surface area contributed by atoms with Crippen molar-refractivity contribution in [2.75, 3.05) is 4.90 Å². The second-order valence-corrected chi connectivity index (χ2v) is 15.6. The van der Waals surface area contributed by atoms with E-state index in [2.05, 4.69) is 186 Å². The summed E-state index contributed by atoms with van der Waals surface area (Å²) in [5.41, 5.74) is 16.1. The second kappa shape index (κ2) is 13.6. The third kappa shape index (κ3) is 5.31. The minimum Gasteiger partial charge on any atom is -0.455 e. The molecule has 284 valence electrons. The number of furan rings is 2. The molecule has 3 heterocycles. The summed E-state index contributed by atoms with van der Waals surface area (Å²) in [6.45, 7) is 4.02. The van der Waals surface area contributed by atoms with Crippen LogP contribution in [-0.2, 0) is 0 Å². The standard InChI is InChI=1S/C56H38N2O2/c1-2-36-12-9-18-49-50-20-11-17-44(56(50)60-54(36)49)38-26-30-40(31-27-38)57(39-28-24-37(25-29-39)43-16-10-19-48-47-15-5-8-23-53(47)59-55(43)48)41-32-34-42(35-33-41)58-51-21-6-3-13-45(51)46-14-4-7-22-52(46)58/h2-32,34H,1,33,35H2. The Morgan fingerprint density at radius 1 is 0.450 bits per heavy atom. The predicted octanol–water partition coefficient (Wildman–Crippen LogP) is 15.9. The van der Waals surface area contributed by atoms with Crippen LogP contribution in [0.5, 0.6) is 0 Å². The Hall–Kier alpha value is -7.82. The van der Waals surface area contributed by atoms with Crippen LogP contribution in [0.4, 0.5) is 11.4 Å². The molecular weight excluding hydrogens is 733 g/mol. The topological polar surface area (TPSA) is 34.5 Å². The van der Waals surface area contributed by atoms with Crippen LogP contribution in [0, 0.1) is 0 Å². The molecule has 3 aromatic heterocycles. The van der Waals surface area contributed by atoms with E-state index in [1.165, 1.54) is 33.2 Å². The molecule has 0 amide bonds.